The molecule has 1 N–H and O–H groups in total. The number of hydrogen-bond donors (Lipinski definition) is 1. The Balaban J connectivity index is 2.40. The van der Waals surface area contributed by atoms with Gasteiger partial charge in [-0.05, 0) is 12.0 Å². The highest BCUT2D eigenvalue weighted by molar-refractivity contribution is 5.79. The van der Waals surface area contributed by atoms with Gasteiger partial charge in [0.1, 0.15) is 0 Å². The van der Waals surface area contributed by atoms with Crippen molar-refractivity contribution in [1.29, 1.82) is 0 Å². The van der Waals surface area contributed by atoms with Crippen LogP contribution in [0.4, 0.5) is 0 Å². The first-order valence-corrected chi connectivity index (χ1v) is 6.22. The van der Waals surface area contributed by atoms with E-state index in [0.717, 1.165) is 32.1 Å². The monoisotopic (exact) mass is 249 g/mol. The zero-order valence-corrected chi connectivity index (χ0v) is 11.5. The van der Waals surface area contributed by atoms with Crippen molar-refractivity contribution in [2.45, 2.75) is 13.0 Å². The Labute approximate surface area is 110 Å². The molecule has 0 fully saturated rings. The molecule has 0 amide bonds. The minimum Gasteiger partial charge on any atom is -0.385 e. The topological polar surface area (TPSA) is 36.9 Å². The molecule has 100 valence electrons. The molecule has 18 heavy (non-hydrogen) atoms. The predicted molar refractivity (Wildman–Crippen MR) is 75.8 cm³/mol. The SMILES string of the molecule is CN=C(NCCCOC)N(C)Cc1ccccc1. The molecule has 0 aliphatic rings. The van der Waals surface area contributed by atoms with Crippen LogP contribution in [-0.4, -0.2) is 45.2 Å². The van der Waals surface area contributed by atoms with Crippen LogP contribution in [0.3, 0.4) is 0 Å². The highest BCUT2D eigenvalue weighted by Gasteiger charge is 2.05. The van der Waals surface area contributed by atoms with Crippen LogP contribution in [0.1, 0.15) is 12.0 Å². The van der Waals surface area contributed by atoms with Gasteiger partial charge in [-0.3, -0.25) is 4.99 Å². The van der Waals surface area contributed by atoms with Gasteiger partial charge in [-0.15, -0.1) is 0 Å². The summed E-state index contributed by atoms with van der Waals surface area (Å²) in [4.78, 5) is 6.39. The lowest BCUT2D eigenvalue weighted by atomic mass is 10.2. The second kappa shape index (κ2) is 8.53. The molecule has 1 aromatic carbocycles. The van der Waals surface area contributed by atoms with E-state index in [-0.39, 0.29) is 0 Å². The summed E-state index contributed by atoms with van der Waals surface area (Å²) in [6.07, 6.45) is 0.981. The largest absolute Gasteiger partial charge is 0.385 e. The number of hydrogen-bond acceptors (Lipinski definition) is 2. The Morgan fingerprint density at radius 3 is 2.67 bits per heavy atom. The fraction of sp³-hybridized carbons (Fsp3) is 0.500. The molecule has 0 heterocycles. The summed E-state index contributed by atoms with van der Waals surface area (Å²) in [6.45, 7) is 2.50. The Morgan fingerprint density at radius 2 is 2.06 bits per heavy atom. The predicted octanol–water partition coefficient (Wildman–Crippen LogP) is 1.73. The van der Waals surface area contributed by atoms with Crippen LogP contribution < -0.4 is 5.32 Å². The van der Waals surface area contributed by atoms with Gasteiger partial charge in [0.15, 0.2) is 5.96 Å². The minimum absolute atomic E-state index is 0.770. The van der Waals surface area contributed by atoms with E-state index in [4.69, 9.17) is 4.74 Å². The van der Waals surface area contributed by atoms with Crippen LogP contribution in [0.5, 0.6) is 0 Å². The van der Waals surface area contributed by atoms with Crippen LogP contribution in [0.25, 0.3) is 0 Å². The molecule has 1 aromatic rings. The standard InChI is InChI=1S/C14H23N3O/c1-15-14(16-10-7-11-18-3)17(2)12-13-8-5-4-6-9-13/h4-6,8-9H,7,10-12H2,1-3H3,(H,15,16). The van der Waals surface area contributed by atoms with E-state index in [1.807, 2.05) is 13.1 Å². The van der Waals surface area contributed by atoms with Gasteiger partial charge in [-0.2, -0.15) is 0 Å². The first kappa shape index (κ1) is 14.5. The molecule has 0 aliphatic heterocycles. The van der Waals surface area contributed by atoms with Crippen LogP contribution in [-0.2, 0) is 11.3 Å². The lowest BCUT2D eigenvalue weighted by Crippen LogP contribution is -2.39. The number of aliphatic imine (C=N–C) groups is 1. The third-order valence-electron chi connectivity index (χ3n) is 2.64. The van der Waals surface area contributed by atoms with Crippen LogP contribution >= 0.6 is 0 Å². The number of guanidine groups is 1. The molecule has 0 aliphatic carbocycles. The van der Waals surface area contributed by atoms with Crippen molar-refractivity contribution in [2.75, 3.05) is 34.4 Å². The second-order valence-electron chi connectivity index (χ2n) is 4.16. The van der Waals surface area contributed by atoms with Gasteiger partial charge in [0.25, 0.3) is 0 Å². The summed E-state index contributed by atoms with van der Waals surface area (Å²) in [5, 5.41) is 3.32. The first-order chi connectivity index (χ1) is 8.77. The van der Waals surface area contributed by atoms with Gasteiger partial charge in [0, 0.05) is 40.9 Å². The molecular weight excluding hydrogens is 226 g/mol. The molecule has 0 aromatic heterocycles. The molecule has 0 unspecified atom stereocenters. The smallest absolute Gasteiger partial charge is 0.193 e. The number of methoxy groups -OCH3 is 1. The van der Waals surface area contributed by atoms with Crippen molar-refractivity contribution in [3.63, 3.8) is 0 Å². The molecule has 4 nitrogen and oxygen atoms in total. The van der Waals surface area contributed by atoms with Crippen molar-refractivity contribution < 1.29 is 4.74 Å². The van der Waals surface area contributed by atoms with E-state index >= 15 is 0 Å². The number of nitrogens with zero attached hydrogens (tertiary/aromatic N) is 2. The summed E-state index contributed by atoms with van der Waals surface area (Å²) in [5.41, 5.74) is 1.28. The van der Waals surface area contributed by atoms with Crippen LogP contribution in [0, 0.1) is 0 Å². The van der Waals surface area contributed by atoms with E-state index in [1.54, 1.807) is 14.2 Å². The van der Waals surface area contributed by atoms with E-state index in [0.29, 0.717) is 0 Å². The summed E-state index contributed by atoms with van der Waals surface area (Å²) >= 11 is 0. The third-order valence-corrected chi connectivity index (χ3v) is 2.64. The van der Waals surface area contributed by atoms with Crippen molar-refractivity contribution in [1.82, 2.24) is 10.2 Å². The van der Waals surface area contributed by atoms with Gasteiger partial charge >= 0.3 is 0 Å². The Bertz CT molecular complexity index is 351. The first-order valence-electron chi connectivity index (χ1n) is 6.22. The lowest BCUT2D eigenvalue weighted by Gasteiger charge is -2.22. The summed E-state index contributed by atoms with van der Waals surface area (Å²) in [7, 11) is 5.56. The maximum absolute atomic E-state index is 5.02. The number of ether oxygens (including phenoxy) is 1. The molecule has 0 bridgehead atoms. The van der Waals surface area contributed by atoms with E-state index in [9.17, 15) is 0 Å². The maximum Gasteiger partial charge on any atom is 0.193 e. The van der Waals surface area contributed by atoms with Crippen molar-refractivity contribution in [3.8, 4) is 0 Å². The Kier molecular flexibility index (Phi) is 6.87. The normalized spacial score (nSPS) is 11.4. The molecular formula is C14H23N3O. The second-order valence-corrected chi connectivity index (χ2v) is 4.16. The van der Waals surface area contributed by atoms with Gasteiger partial charge in [-0.25, -0.2) is 0 Å². The fourth-order valence-corrected chi connectivity index (χ4v) is 1.73. The summed E-state index contributed by atoms with van der Waals surface area (Å²) in [5.74, 6) is 0.912. The number of benzene rings is 1. The van der Waals surface area contributed by atoms with Gasteiger partial charge in [0.05, 0.1) is 0 Å². The van der Waals surface area contributed by atoms with Gasteiger partial charge < -0.3 is 15.0 Å². The zero-order valence-electron chi connectivity index (χ0n) is 11.5. The number of rotatable bonds is 6. The fourth-order valence-electron chi connectivity index (χ4n) is 1.73. The molecule has 0 atom stereocenters. The van der Waals surface area contributed by atoms with Crippen molar-refractivity contribution in [3.05, 3.63) is 35.9 Å². The molecule has 4 heteroatoms. The van der Waals surface area contributed by atoms with Gasteiger partial charge in [-0.1, -0.05) is 30.3 Å². The minimum atomic E-state index is 0.770. The Morgan fingerprint density at radius 1 is 1.33 bits per heavy atom. The van der Waals surface area contributed by atoms with Crippen LogP contribution in [0.15, 0.2) is 35.3 Å². The number of nitrogens with one attached hydrogen (secondary N) is 1. The quantitative estimate of drug-likeness (QED) is 0.474. The van der Waals surface area contributed by atoms with Gasteiger partial charge in [0.2, 0.25) is 0 Å². The average molecular weight is 249 g/mol. The summed E-state index contributed by atoms with van der Waals surface area (Å²) in [6, 6.07) is 10.4. The third kappa shape index (κ3) is 5.19. The maximum atomic E-state index is 5.02. The molecule has 0 saturated carbocycles. The Hall–Kier alpha value is -1.55. The highest BCUT2D eigenvalue weighted by Crippen LogP contribution is 2.02. The summed E-state index contributed by atoms with van der Waals surface area (Å²) < 4.78 is 5.02. The lowest BCUT2D eigenvalue weighted by molar-refractivity contribution is 0.195. The van der Waals surface area contributed by atoms with Crippen molar-refractivity contribution in [2.24, 2.45) is 4.99 Å². The molecule has 0 saturated heterocycles. The highest BCUT2D eigenvalue weighted by atomic mass is 16.5. The zero-order chi connectivity index (χ0) is 13.2. The average Bonchev–Trinajstić information content (AvgIpc) is 2.40. The molecule has 0 radical (unpaired) electrons. The van der Waals surface area contributed by atoms with E-state index in [1.165, 1.54) is 5.56 Å². The van der Waals surface area contributed by atoms with E-state index < -0.39 is 0 Å². The van der Waals surface area contributed by atoms with E-state index in [2.05, 4.69) is 39.5 Å². The van der Waals surface area contributed by atoms with Crippen molar-refractivity contribution >= 4 is 5.96 Å². The molecule has 1 rings (SSSR count). The molecule has 0 spiro atoms. The van der Waals surface area contributed by atoms with Crippen LogP contribution in [0.2, 0.25) is 0 Å².